The second kappa shape index (κ2) is 11.8. The molecule has 1 saturated heterocycles. The lowest BCUT2D eigenvalue weighted by Gasteiger charge is -2.31. The van der Waals surface area contributed by atoms with E-state index in [9.17, 15) is 27.6 Å². The van der Waals surface area contributed by atoms with Gasteiger partial charge in [0.05, 0.1) is 0 Å². The summed E-state index contributed by atoms with van der Waals surface area (Å²) in [5.74, 6) is 1.52. The first-order valence-electron chi connectivity index (χ1n) is 12.7. The largest absolute Gasteiger partial charge is 0.412 e. The van der Waals surface area contributed by atoms with E-state index in [1.807, 2.05) is 0 Å². The van der Waals surface area contributed by atoms with Crippen LogP contribution in [0.15, 0.2) is 15.8 Å². The van der Waals surface area contributed by atoms with Crippen molar-refractivity contribution in [3.63, 3.8) is 0 Å². The summed E-state index contributed by atoms with van der Waals surface area (Å²) in [5.41, 5.74) is -1.27. The Morgan fingerprint density at radius 3 is 2.35 bits per heavy atom. The molecule has 14 heteroatoms. The van der Waals surface area contributed by atoms with Crippen LogP contribution in [0.3, 0.4) is 0 Å². The lowest BCUT2D eigenvalue weighted by atomic mass is 9.89. The number of carbonyl (C=O) groups is 2. The van der Waals surface area contributed by atoms with Crippen LogP contribution in [0.4, 0.5) is 4.79 Å². The number of hydrogen-bond donors (Lipinski definition) is 3. The van der Waals surface area contributed by atoms with Crippen LogP contribution in [-0.4, -0.2) is 65.5 Å². The Labute approximate surface area is 216 Å². The van der Waals surface area contributed by atoms with Crippen LogP contribution in [-0.2, 0) is 24.3 Å². The van der Waals surface area contributed by atoms with Gasteiger partial charge in [-0.1, -0.05) is 6.42 Å². The first-order valence-corrected chi connectivity index (χ1v) is 14.1. The average molecular weight is 543 g/mol. The van der Waals surface area contributed by atoms with Crippen LogP contribution < -0.4 is 26.6 Å². The molecule has 2 bridgehead atoms. The van der Waals surface area contributed by atoms with Crippen molar-refractivity contribution in [2.75, 3.05) is 26.2 Å². The lowest BCUT2D eigenvalue weighted by molar-refractivity contribution is 0.0946. The Morgan fingerprint density at radius 1 is 1.03 bits per heavy atom. The highest BCUT2D eigenvalue weighted by Crippen LogP contribution is 2.47. The lowest BCUT2D eigenvalue weighted by Crippen LogP contribution is -2.50. The number of piperidine rings is 1. The Kier molecular flexibility index (Phi) is 9.18. The maximum atomic E-state index is 12.6. The van der Waals surface area contributed by atoms with Gasteiger partial charge in [0.15, 0.2) is 0 Å². The molecule has 2 heterocycles. The number of rotatable bonds is 8. The third-order valence-electron chi connectivity index (χ3n) is 8.07. The third kappa shape index (κ3) is 6.60. The predicted octanol–water partition coefficient (Wildman–Crippen LogP) is -0.929. The van der Waals surface area contributed by atoms with Gasteiger partial charge in [0.2, 0.25) is 0 Å². The summed E-state index contributed by atoms with van der Waals surface area (Å²) in [7, 11) is -1.12. The van der Waals surface area contributed by atoms with Crippen molar-refractivity contribution in [2.24, 2.45) is 37.8 Å². The van der Waals surface area contributed by atoms with E-state index in [2.05, 4.69) is 15.4 Å². The molecule has 4 rings (SSSR count). The summed E-state index contributed by atoms with van der Waals surface area (Å²) < 4.78 is 30.8. The first kappa shape index (κ1) is 28.9. The highest BCUT2D eigenvalue weighted by atomic mass is 32.2. The van der Waals surface area contributed by atoms with Crippen molar-refractivity contribution in [3.8, 4) is 0 Å². The average Bonchev–Trinajstić information content (AvgIpc) is 3.47. The Balaban J connectivity index is 0.00000380. The van der Waals surface area contributed by atoms with E-state index in [0.717, 1.165) is 16.9 Å². The zero-order chi connectivity index (χ0) is 26.0. The number of aryl methyl sites for hydroxylation is 1. The molecule has 5 N–H and O–H groups in total. The van der Waals surface area contributed by atoms with Gasteiger partial charge in [0.25, 0.3) is 11.5 Å². The van der Waals surface area contributed by atoms with E-state index in [-0.39, 0.29) is 30.0 Å². The second-order valence-corrected chi connectivity index (χ2v) is 12.1. The minimum absolute atomic E-state index is 0. The summed E-state index contributed by atoms with van der Waals surface area (Å²) in [5, 5.41) is 5.45. The summed E-state index contributed by atoms with van der Waals surface area (Å²) in [4.78, 5) is 48.6. The number of carbonyl (C=O) groups excluding carboxylic acids is 2. The highest BCUT2D eigenvalue weighted by Gasteiger charge is 2.39. The molecule has 1 aromatic heterocycles. The van der Waals surface area contributed by atoms with E-state index in [1.165, 1.54) is 48.4 Å². The second-order valence-electron chi connectivity index (χ2n) is 10.4. The molecule has 3 amide bonds. The molecule has 0 aromatic carbocycles. The molecule has 13 nitrogen and oxygen atoms in total. The molecule has 3 fully saturated rings. The number of aromatic nitrogens is 2. The molecule has 0 spiro atoms. The van der Waals surface area contributed by atoms with E-state index in [1.54, 1.807) is 0 Å². The monoisotopic (exact) mass is 542 g/mol. The van der Waals surface area contributed by atoms with E-state index >= 15 is 0 Å². The number of nitrogens with zero attached hydrogens (tertiary/aromatic N) is 3. The number of amides is 3. The van der Waals surface area contributed by atoms with Gasteiger partial charge in [-0.2, -0.15) is 12.7 Å². The fraction of sp³-hybridized carbons (Fsp3) is 0.739. The normalized spacial score (nSPS) is 23.9. The third-order valence-corrected chi connectivity index (χ3v) is 9.56. The van der Waals surface area contributed by atoms with Crippen LogP contribution in [0.2, 0.25) is 0 Å². The molecule has 1 aliphatic heterocycles. The van der Waals surface area contributed by atoms with Crippen LogP contribution in [0.5, 0.6) is 0 Å². The summed E-state index contributed by atoms with van der Waals surface area (Å²) >= 11 is 0. The van der Waals surface area contributed by atoms with Gasteiger partial charge in [-0.05, 0) is 62.2 Å². The van der Waals surface area contributed by atoms with E-state index in [4.69, 9.17) is 0 Å². The molecular formula is C23H38N6O7S. The minimum Gasteiger partial charge on any atom is -0.412 e. The summed E-state index contributed by atoms with van der Waals surface area (Å²) in [6.07, 6.45) is 7.90. The zero-order valence-electron chi connectivity index (χ0n) is 21.4. The molecule has 0 unspecified atom stereocenters. The molecular weight excluding hydrogens is 504 g/mol. The molecule has 2 aliphatic carbocycles. The maximum absolute atomic E-state index is 12.6. The number of urea groups is 1. The van der Waals surface area contributed by atoms with Gasteiger partial charge in [0, 0.05) is 46.5 Å². The highest BCUT2D eigenvalue weighted by molar-refractivity contribution is 7.87. The molecule has 3 atom stereocenters. The van der Waals surface area contributed by atoms with Gasteiger partial charge < -0.3 is 20.7 Å². The molecule has 3 aliphatic rings. The van der Waals surface area contributed by atoms with Gasteiger partial charge in [-0.15, -0.1) is 0 Å². The van der Waals surface area contributed by atoms with Crippen LogP contribution in [0.25, 0.3) is 0 Å². The summed E-state index contributed by atoms with van der Waals surface area (Å²) in [6, 6.07) is -0.674. The smallest absolute Gasteiger partial charge is 0.330 e. The Bertz CT molecular complexity index is 1220. The standard InChI is InChI=1S/C23H36N6O6S.H2O/c1-27-14-19(21(31)28(2)23(27)33)20(30)24-8-5-15-6-9-29(10-7-15)36(34,35)26-22(32)25-13-18-12-16-3-4-17(18)11-16;/h14-18H,3-13H2,1-2H3,(H,24,30)(H2,25,26,32);1H2/t16-,17-,18+;/m1./s1. The minimum atomic E-state index is -3.91. The fourth-order valence-electron chi connectivity index (χ4n) is 5.96. The molecule has 1 aromatic rings. The van der Waals surface area contributed by atoms with Crippen molar-refractivity contribution in [1.82, 2.24) is 28.8 Å². The molecule has 208 valence electrons. The SMILES string of the molecule is Cn1cc(C(=O)NCCC2CCN(S(=O)(=O)NC(=O)NC[C@@H]3C[C@@H]4CC[C@@H]3C4)CC2)c(=O)n(C)c1=O.O. The molecule has 37 heavy (non-hydrogen) atoms. The number of hydrogen-bond acceptors (Lipinski definition) is 6. The van der Waals surface area contributed by atoms with Gasteiger partial charge >= 0.3 is 21.9 Å². The van der Waals surface area contributed by atoms with Crippen LogP contribution >= 0.6 is 0 Å². The first-order chi connectivity index (χ1) is 17.0. The topological polar surface area (TPSA) is 183 Å². The fourth-order valence-corrected chi connectivity index (χ4v) is 7.08. The van der Waals surface area contributed by atoms with Gasteiger partial charge in [0.1, 0.15) is 5.56 Å². The predicted molar refractivity (Wildman–Crippen MR) is 136 cm³/mol. The van der Waals surface area contributed by atoms with E-state index < -0.39 is 33.4 Å². The molecule has 2 saturated carbocycles. The molecule has 0 radical (unpaired) electrons. The van der Waals surface area contributed by atoms with Crippen molar-refractivity contribution in [2.45, 2.75) is 44.9 Å². The van der Waals surface area contributed by atoms with Crippen LogP contribution in [0, 0.1) is 23.7 Å². The summed E-state index contributed by atoms with van der Waals surface area (Å²) in [6.45, 7) is 1.41. The van der Waals surface area contributed by atoms with Crippen molar-refractivity contribution >= 4 is 22.1 Å². The van der Waals surface area contributed by atoms with E-state index in [0.29, 0.717) is 44.2 Å². The van der Waals surface area contributed by atoms with Crippen molar-refractivity contribution in [3.05, 3.63) is 32.6 Å². The quantitative estimate of drug-likeness (QED) is 0.381. The Morgan fingerprint density at radius 2 is 1.73 bits per heavy atom. The van der Waals surface area contributed by atoms with Crippen molar-refractivity contribution in [1.29, 1.82) is 0 Å². The maximum Gasteiger partial charge on any atom is 0.330 e. The van der Waals surface area contributed by atoms with Gasteiger partial charge in [-0.3, -0.25) is 14.2 Å². The Hall–Kier alpha value is -2.71. The zero-order valence-corrected chi connectivity index (χ0v) is 22.2. The van der Waals surface area contributed by atoms with Gasteiger partial charge in [-0.25, -0.2) is 14.3 Å². The number of nitrogens with one attached hydrogen (secondary N) is 3. The van der Waals surface area contributed by atoms with Crippen molar-refractivity contribution < 1.29 is 23.5 Å². The van der Waals surface area contributed by atoms with Crippen LogP contribution in [0.1, 0.15) is 55.3 Å². The number of fused-ring (bicyclic) bond motifs is 2.